The van der Waals surface area contributed by atoms with Crippen molar-refractivity contribution in [2.75, 3.05) is 13.7 Å². The lowest BCUT2D eigenvalue weighted by atomic mass is 10.1. The number of nitrogens with zero attached hydrogens (tertiary/aromatic N) is 4. The number of ether oxygens (including phenoxy) is 2. The van der Waals surface area contributed by atoms with Gasteiger partial charge in [0.25, 0.3) is 0 Å². The van der Waals surface area contributed by atoms with E-state index in [1.54, 1.807) is 19.5 Å². The molecule has 0 aromatic carbocycles. The summed E-state index contributed by atoms with van der Waals surface area (Å²) in [6.07, 6.45) is 5.63. The quantitative estimate of drug-likeness (QED) is 0.462. The molecule has 138 valence electrons. The van der Waals surface area contributed by atoms with Gasteiger partial charge in [-0.2, -0.15) is 4.98 Å². The average molecular weight is 371 g/mol. The van der Waals surface area contributed by atoms with E-state index in [1.807, 2.05) is 23.6 Å². The number of pyridine rings is 1. The zero-order valence-corrected chi connectivity index (χ0v) is 17.1. The van der Waals surface area contributed by atoms with Gasteiger partial charge in [0, 0.05) is 38.8 Å². The normalized spacial score (nSPS) is 11.9. The Morgan fingerprint density at radius 3 is 2.50 bits per heavy atom. The van der Waals surface area contributed by atoms with Crippen molar-refractivity contribution in [3.8, 4) is 17.0 Å². The Kier molecular flexibility index (Phi) is 5.38. The van der Waals surface area contributed by atoms with E-state index in [1.165, 1.54) is 0 Å². The minimum atomic E-state index is -1.11. The topological polar surface area (TPSA) is 62.1 Å². The van der Waals surface area contributed by atoms with Gasteiger partial charge in [-0.3, -0.25) is 4.98 Å². The SMILES string of the molecule is COc1nc(C)nc2c1c(-c1ccncc1)cn2COCC[Si](C)(C)C. The average Bonchev–Trinajstić information content (AvgIpc) is 2.96. The molecule has 0 bridgehead atoms. The fourth-order valence-electron chi connectivity index (χ4n) is 2.80. The van der Waals surface area contributed by atoms with Crippen LogP contribution >= 0.6 is 0 Å². The minimum Gasteiger partial charge on any atom is -0.480 e. The fourth-order valence-corrected chi connectivity index (χ4v) is 3.55. The van der Waals surface area contributed by atoms with Crippen LogP contribution in [0.5, 0.6) is 5.88 Å². The van der Waals surface area contributed by atoms with Crippen molar-refractivity contribution in [3.05, 3.63) is 36.5 Å². The lowest BCUT2D eigenvalue weighted by Crippen LogP contribution is -2.22. The number of aromatic nitrogens is 4. The molecule has 3 heterocycles. The van der Waals surface area contributed by atoms with E-state index in [0.29, 0.717) is 18.4 Å². The molecule has 0 amide bonds. The van der Waals surface area contributed by atoms with Crippen LogP contribution < -0.4 is 4.74 Å². The van der Waals surface area contributed by atoms with Gasteiger partial charge < -0.3 is 14.0 Å². The molecule has 3 aromatic rings. The Hall–Kier alpha value is -2.25. The number of hydrogen-bond acceptors (Lipinski definition) is 5. The number of methoxy groups -OCH3 is 1. The highest BCUT2D eigenvalue weighted by atomic mass is 28.3. The Morgan fingerprint density at radius 2 is 1.85 bits per heavy atom. The molecule has 0 saturated carbocycles. The van der Waals surface area contributed by atoms with Crippen molar-refractivity contribution in [1.29, 1.82) is 0 Å². The molecule has 0 saturated heterocycles. The van der Waals surface area contributed by atoms with Crippen LogP contribution in [-0.2, 0) is 11.5 Å². The molecule has 6 nitrogen and oxygen atoms in total. The smallest absolute Gasteiger partial charge is 0.226 e. The Morgan fingerprint density at radius 1 is 1.12 bits per heavy atom. The van der Waals surface area contributed by atoms with E-state index in [0.717, 1.165) is 34.8 Å². The molecular formula is C19H26N4O2Si. The van der Waals surface area contributed by atoms with Gasteiger partial charge in [0.2, 0.25) is 5.88 Å². The van der Waals surface area contributed by atoms with Crippen LogP contribution in [0, 0.1) is 6.92 Å². The summed E-state index contributed by atoms with van der Waals surface area (Å²) in [4.78, 5) is 13.2. The molecular weight excluding hydrogens is 344 g/mol. The summed E-state index contributed by atoms with van der Waals surface area (Å²) in [6.45, 7) is 10.2. The van der Waals surface area contributed by atoms with Crippen LogP contribution in [0.3, 0.4) is 0 Å². The third-order valence-electron chi connectivity index (χ3n) is 4.21. The molecule has 0 aliphatic rings. The third-order valence-corrected chi connectivity index (χ3v) is 5.91. The number of aryl methyl sites for hydroxylation is 1. The molecule has 0 atom stereocenters. The van der Waals surface area contributed by atoms with Gasteiger partial charge >= 0.3 is 0 Å². The molecule has 0 aliphatic heterocycles. The number of fused-ring (bicyclic) bond motifs is 1. The summed E-state index contributed by atoms with van der Waals surface area (Å²) in [5, 5.41) is 0.901. The summed E-state index contributed by atoms with van der Waals surface area (Å²) in [7, 11) is 0.531. The zero-order valence-electron chi connectivity index (χ0n) is 16.1. The van der Waals surface area contributed by atoms with Crippen molar-refractivity contribution in [2.24, 2.45) is 0 Å². The number of rotatable bonds is 7. The maximum atomic E-state index is 5.95. The van der Waals surface area contributed by atoms with Crippen LogP contribution in [0.15, 0.2) is 30.7 Å². The molecule has 0 unspecified atom stereocenters. The highest BCUT2D eigenvalue weighted by molar-refractivity contribution is 6.76. The van der Waals surface area contributed by atoms with E-state index in [9.17, 15) is 0 Å². The van der Waals surface area contributed by atoms with Gasteiger partial charge in [0.1, 0.15) is 18.2 Å². The summed E-state index contributed by atoms with van der Waals surface area (Å²) in [5.41, 5.74) is 2.90. The first-order chi connectivity index (χ1) is 12.4. The first-order valence-corrected chi connectivity index (χ1v) is 12.5. The Balaban J connectivity index is 1.99. The third kappa shape index (κ3) is 4.11. The largest absolute Gasteiger partial charge is 0.480 e. The summed E-state index contributed by atoms with van der Waals surface area (Å²) >= 11 is 0. The molecule has 7 heteroatoms. The van der Waals surface area contributed by atoms with Crippen LogP contribution in [0.25, 0.3) is 22.2 Å². The van der Waals surface area contributed by atoms with Crippen molar-refractivity contribution in [1.82, 2.24) is 19.5 Å². The second-order valence-electron chi connectivity index (χ2n) is 7.58. The molecule has 26 heavy (non-hydrogen) atoms. The van der Waals surface area contributed by atoms with Crippen LogP contribution in [-0.4, -0.2) is 41.3 Å². The molecule has 0 fully saturated rings. The Bertz CT molecular complexity index is 888. The molecule has 3 rings (SSSR count). The maximum absolute atomic E-state index is 5.95. The lowest BCUT2D eigenvalue weighted by molar-refractivity contribution is 0.0899. The standard InChI is InChI=1S/C19H26N4O2Si/c1-14-21-18-17(19(22-14)24-2)16(15-6-8-20-9-7-15)12-23(18)13-25-10-11-26(3,4)5/h6-9,12H,10-11,13H2,1-5H3. The molecule has 0 aliphatic carbocycles. The van der Waals surface area contributed by atoms with E-state index in [-0.39, 0.29) is 0 Å². The maximum Gasteiger partial charge on any atom is 0.226 e. The van der Waals surface area contributed by atoms with E-state index in [2.05, 4.69) is 40.8 Å². The van der Waals surface area contributed by atoms with Gasteiger partial charge in [-0.15, -0.1) is 0 Å². The lowest BCUT2D eigenvalue weighted by Gasteiger charge is -2.15. The monoisotopic (exact) mass is 370 g/mol. The second kappa shape index (κ2) is 7.55. The van der Waals surface area contributed by atoms with Gasteiger partial charge in [-0.25, -0.2) is 4.98 Å². The van der Waals surface area contributed by atoms with Gasteiger partial charge in [0.05, 0.1) is 12.5 Å². The first kappa shape index (κ1) is 18.5. The predicted octanol–water partition coefficient (Wildman–Crippen LogP) is 4.12. The van der Waals surface area contributed by atoms with Crippen LogP contribution in [0.4, 0.5) is 0 Å². The van der Waals surface area contributed by atoms with E-state index < -0.39 is 8.07 Å². The molecule has 0 radical (unpaired) electrons. The fraction of sp³-hybridized carbons (Fsp3) is 0.421. The van der Waals surface area contributed by atoms with Crippen LogP contribution in [0.2, 0.25) is 25.7 Å². The van der Waals surface area contributed by atoms with Crippen molar-refractivity contribution in [2.45, 2.75) is 39.3 Å². The van der Waals surface area contributed by atoms with Crippen molar-refractivity contribution < 1.29 is 9.47 Å². The number of hydrogen-bond donors (Lipinski definition) is 0. The van der Waals surface area contributed by atoms with E-state index in [4.69, 9.17) is 9.47 Å². The molecule has 0 spiro atoms. The predicted molar refractivity (Wildman–Crippen MR) is 106 cm³/mol. The first-order valence-electron chi connectivity index (χ1n) is 8.78. The second-order valence-corrected chi connectivity index (χ2v) is 13.2. The van der Waals surface area contributed by atoms with Gasteiger partial charge in [0.15, 0.2) is 0 Å². The highest BCUT2D eigenvalue weighted by Crippen LogP contribution is 2.35. The van der Waals surface area contributed by atoms with Crippen molar-refractivity contribution in [3.63, 3.8) is 0 Å². The summed E-state index contributed by atoms with van der Waals surface area (Å²) in [6, 6.07) is 5.09. The highest BCUT2D eigenvalue weighted by Gasteiger charge is 2.18. The van der Waals surface area contributed by atoms with Crippen molar-refractivity contribution >= 4 is 19.1 Å². The van der Waals surface area contributed by atoms with Gasteiger partial charge in [-0.1, -0.05) is 19.6 Å². The van der Waals surface area contributed by atoms with E-state index >= 15 is 0 Å². The molecule has 0 N–H and O–H groups in total. The summed E-state index contributed by atoms with van der Waals surface area (Å²) in [5.74, 6) is 1.26. The van der Waals surface area contributed by atoms with Crippen LogP contribution in [0.1, 0.15) is 5.82 Å². The zero-order chi connectivity index (χ0) is 18.7. The van der Waals surface area contributed by atoms with Gasteiger partial charge in [-0.05, 0) is 30.7 Å². The Labute approximate surface area is 155 Å². The molecule has 3 aromatic heterocycles. The minimum absolute atomic E-state index is 0.464. The summed E-state index contributed by atoms with van der Waals surface area (Å²) < 4.78 is 13.5.